The minimum absolute atomic E-state index is 0.0625. The Hall–Kier alpha value is -2.37. The number of aryl methyl sites for hydroxylation is 1. The summed E-state index contributed by atoms with van der Waals surface area (Å²) in [5.74, 6) is -0.406. The van der Waals surface area contributed by atoms with Crippen molar-refractivity contribution in [3.05, 3.63) is 41.3 Å². The second kappa shape index (κ2) is 6.26. The Kier molecular flexibility index (Phi) is 3.96. The third-order valence-corrected chi connectivity index (χ3v) is 5.10. The molecule has 1 fully saturated rings. The van der Waals surface area contributed by atoms with Crippen molar-refractivity contribution in [1.82, 2.24) is 14.8 Å². The van der Waals surface area contributed by atoms with E-state index < -0.39 is 5.97 Å². The van der Waals surface area contributed by atoms with Crippen molar-refractivity contribution in [2.45, 2.75) is 57.0 Å². The first kappa shape index (κ1) is 15.2. The summed E-state index contributed by atoms with van der Waals surface area (Å²) in [7, 11) is 0. The normalized spacial score (nSPS) is 20.8. The monoisotopic (exact) mass is 326 g/mol. The van der Waals surface area contributed by atoms with Crippen LogP contribution in [0, 0.1) is 0 Å². The van der Waals surface area contributed by atoms with Crippen LogP contribution in [-0.4, -0.2) is 25.8 Å². The van der Waals surface area contributed by atoms with Crippen LogP contribution in [0.1, 0.15) is 72.4 Å². The molecule has 0 aromatic carbocycles. The Bertz CT molecular complexity index is 749. The lowest BCUT2D eigenvalue weighted by molar-refractivity contribution is 0.0690. The van der Waals surface area contributed by atoms with E-state index in [1.54, 1.807) is 6.07 Å². The van der Waals surface area contributed by atoms with E-state index in [0.29, 0.717) is 11.9 Å². The number of carboxylic acid groups (broad SMARTS) is 1. The zero-order chi connectivity index (χ0) is 16.5. The number of hydrogen-bond donors (Lipinski definition) is 2. The van der Waals surface area contributed by atoms with Crippen LogP contribution in [0.5, 0.6) is 0 Å². The zero-order valence-electron chi connectivity index (χ0n) is 13.6. The number of pyridine rings is 1. The number of hydrogen-bond acceptors (Lipinski definition) is 4. The van der Waals surface area contributed by atoms with E-state index in [9.17, 15) is 4.79 Å². The van der Waals surface area contributed by atoms with Crippen molar-refractivity contribution >= 4 is 11.8 Å². The van der Waals surface area contributed by atoms with Crippen molar-refractivity contribution in [3.8, 4) is 0 Å². The molecule has 1 saturated carbocycles. The molecule has 0 amide bonds. The predicted molar refractivity (Wildman–Crippen MR) is 90.2 cm³/mol. The average molecular weight is 326 g/mol. The van der Waals surface area contributed by atoms with Crippen LogP contribution < -0.4 is 5.32 Å². The molecule has 0 aliphatic heterocycles. The van der Waals surface area contributed by atoms with Gasteiger partial charge in [-0.1, -0.05) is 18.9 Å². The van der Waals surface area contributed by atoms with Crippen LogP contribution in [0.15, 0.2) is 24.4 Å². The summed E-state index contributed by atoms with van der Waals surface area (Å²) >= 11 is 0. The van der Waals surface area contributed by atoms with Crippen molar-refractivity contribution < 1.29 is 9.90 Å². The molecule has 6 heteroatoms. The number of anilines is 1. The van der Waals surface area contributed by atoms with Gasteiger partial charge in [0.1, 0.15) is 5.82 Å². The van der Waals surface area contributed by atoms with Gasteiger partial charge in [-0.25, -0.2) is 9.78 Å². The molecule has 1 atom stereocenters. The maximum Gasteiger partial charge on any atom is 0.354 e. The number of carboxylic acids is 1. The van der Waals surface area contributed by atoms with E-state index in [4.69, 9.17) is 10.2 Å². The molecule has 0 radical (unpaired) electrons. The first-order valence-corrected chi connectivity index (χ1v) is 8.75. The molecule has 6 nitrogen and oxygen atoms in total. The highest BCUT2D eigenvalue weighted by Gasteiger charge is 2.27. The summed E-state index contributed by atoms with van der Waals surface area (Å²) < 4.78 is 2.17. The third kappa shape index (κ3) is 2.88. The van der Waals surface area contributed by atoms with Crippen molar-refractivity contribution in [2.24, 2.45) is 0 Å². The highest BCUT2D eigenvalue weighted by molar-refractivity contribution is 5.85. The summed E-state index contributed by atoms with van der Waals surface area (Å²) in [4.78, 5) is 15.3. The number of fused-ring (bicyclic) bond motifs is 1. The Morgan fingerprint density at radius 1 is 1.21 bits per heavy atom. The van der Waals surface area contributed by atoms with E-state index in [2.05, 4.69) is 21.2 Å². The number of nitrogens with zero attached hydrogens (tertiary/aromatic N) is 3. The fraction of sp³-hybridized carbons (Fsp3) is 0.500. The van der Waals surface area contributed by atoms with E-state index in [1.165, 1.54) is 37.3 Å². The summed E-state index contributed by atoms with van der Waals surface area (Å²) in [6.45, 7) is 0. The Morgan fingerprint density at radius 3 is 2.83 bits per heavy atom. The SMILES string of the molecule is O=C(O)c1cccc(NC2CCCc3cn(C4CCCC4)nc32)n1. The Labute approximate surface area is 140 Å². The number of carbonyl (C=O) groups is 1. The van der Waals surface area contributed by atoms with Crippen LogP contribution in [0.4, 0.5) is 5.82 Å². The van der Waals surface area contributed by atoms with Gasteiger partial charge in [0.2, 0.25) is 0 Å². The highest BCUT2D eigenvalue weighted by Crippen LogP contribution is 2.35. The molecule has 1 unspecified atom stereocenters. The largest absolute Gasteiger partial charge is 0.477 e. The van der Waals surface area contributed by atoms with Crippen LogP contribution in [0.25, 0.3) is 0 Å². The lowest BCUT2D eigenvalue weighted by Crippen LogP contribution is -2.18. The molecule has 126 valence electrons. The van der Waals surface area contributed by atoms with E-state index in [-0.39, 0.29) is 11.7 Å². The van der Waals surface area contributed by atoms with E-state index in [0.717, 1.165) is 25.0 Å². The maximum absolute atomic E-state index is 11.1. The predicted octanol–water partition coefficient (Wildman–Crippen LogP) is 3.58. The molecule has 2 aliphatic carbocycles. The van der Waals surface area contributed by atoms with Gasteiger partial charge < -0.3 is 10.4 Å². The number of aromatic nitrogens is 3. The van der Waals surface area contributed by atoms with E-state index in [1.807, 2.05) is 6.07 Å². The van der Waals surface area contributed by atoms with Gasteiger partial charge in [0.05, 0.1) is 17.8 Å². The second-order valence-corrected chi connectivity index (χ2v) is 6.76. The molecule has 4 rings (SSSR count). The Balaban J connectivity index is 1.57. The van der Waals surface area contributed by atoms with E-state index >= 15 is 0 Å². The van der Waals surface area contributed by atoms with Gasteiger partial charge >= 0.3 is 5.97 Å². The van der Waals surface area contributed by atoms with Gasteiger partial charge in [0.15, 0.2) is 5.69 Å². The molecular formula is C18H22N4O2. The van der Waals surface area contributed by atoms with Crippen molar-refractivity contribution in [2.75, 3.05) is 5.32 Å². The summed E-state index contributed by atoms with van der Waals surface area (Å²) in [6.07, 6.45) is 10.4. The van der Waals surface area contributed by atoms with Gasteiger partial charge in [-0.05, 0) is 49.8 Å². The van der Waals surface area contributed by atoms with Crippen LogP contribution in [0.3, 0.4) is 0 Å². The summed E-state index contributed by atoms with van der Waals surface area (Å²) in [6, 6.07) is 5.70. The molecule has 24 heavy (non-hydrogen) atoms. The number of rotatable bonds is 4. The average Bonchev–Trinajstić information content (AvgIpc) is 3.24. The van der Waals surface area contributed by atoms with Crippen LogP contribution >= 0.6 is 0 Å². The smallest absolute Gasteiger partial charge is 0.354 e. The number of nitrogens with one attached hydrogen (secondary N) is 1. The third-order valence-electron chi connectivity index (χ3n) is 5.10. The molecule has 2 aromatic rings. The first-order chi connectivity index (χ1) is 11.7. The summed E-state index contributed by atoms with van der Waals surface area (Å²) in [5, 5.41) is 17.4. The maximum atomic E-state index is 11.1. The van der Waals surface area contributed by atoms with Crippen molar-refractivity contribution in [1.29, 1.82) is 0 Å². The lowest BCUT2D eigenvalue weighted by Gasteiger charge is -2.22. The van der Waals surface area contributed by atoms with Gasteiger partial charge in [0.25, 0.3) is 0 Å². The fourth-order valence-electron chi connectivity index (χ4n) is 3.87. The Morgan fingerprint density at radius 2 is 2.04 bits per heavy atom. The van der Waals surface area contributed by atoms with Crippen molar-refractivity contribution in [3.63, 3.8) is 0 Å². The van der Waals surface area contributed by atoms with Gasteiger partial charge in [-0.2, -0.15) is 5.10 Å². The highest BCUT2D eigenvalue weighted by atomic mass is 16.4. The minimum atomic E-state index is -1.01. The minimum Gasteiger partial charge on any atom is -0.477 e. The topological polar surface area (TPSA) is 80.0 Å². The lowest BCUT2D eigenvalue weighted by atomic mass is 9.94. The fourth-order valence-corrected chi connectivity index (χ4v) is 3.87. The number of aromatic carboxylic acids is 1. The molecule has 0 spiro atoms. The van der Waals surface area contributed by atoms with Gasteiger partial charge in [0, 0.05) is 6.20 Å². The first-order valence-electron chi connectivity index (χ1n) is 8.75. The molecule has 2 aromatic heterocycles. The van der Waals surface area contributed by atoms with Crippen LogP contribution in [-0.2, 0) is 6.42 Å². The van der Waals surface area contributed by atoms with Gasteiger partial charge in [-0.15, -0.1) is 0 Å². The molecular weight excluding hydrogens is 304 g/mol. The molecule has 0 saturated heterocycles. The van der Waals surface area contributed by atoms with Crippen LogP contribution in [0.2, 0.25) is 0 Å². The molecule has 0 bridgehead atoms. The molecule has 2 aliphatic rings. The molecule has 2 N–H and O–H groups in total. The summed E-state index contributed by atoms with van der Waals surface area (Å²) in [5.41, 5.74) is 2.49. The zero-order valence-corrected chi connectivity index (χ0v) is 13.6. The standard InChI is InChI=1S/C18H22N4O2/c23-18(24)15-9-4-10-16(20-15)19-14-8-3-5-12-11-22(21-17(12)14)13-6-1-2-7-13/h4,9-11,13-14H,1-3,5-8H2,(H,19,20)(H,23,24). The second-order valence-electron chi connectivity index (χ2n) is 6.76. The molecule has 2 heterocycles. The van der Waals surface area contributed by atoms with Gasteiger partial charge in [-0.3, -0.25) is 4.68 Å². The quantitative estimate of drug-likeness (QED) is 0.897.